The van der Waals surface area contributed by atoms with Crippen molar-refractivity contribution >= 4 is 5.91 Å². The zero-order valence-electron chi connectivity index (χ0n) is 13.7. The first-order valence-electron chi connectivity index (χ1n) is 8.33. The van der Waals surface area contributed by atoms with Crippen molar-refractivity contribution in [3.63, 3.8) is 0 Å². The quantitative estimate of drug-likeness (QED) is 0.827. The summed E-state index contributed by atoms with van der Waals surface area (Å²) >= 11 is 0. The molecule has 1 aliphatic heterocycles. The highest BCUT2D eigenvalue weighted by atomic mass is 19.4. The molecule has 2 unspecified atom stereocenters. The van der Waals surface area contributed by atoms with Crippen molar-refractivity contribution < 1.29 is 22.5 Å². The van der Waals surface area contributed by atoms with E-state index in [0.717, 1.165) is 12.8 Å². The monoisotopic (exact) mass is 370 g/mol. The second-order valence-electron chi connectivity index (χ2n) is 6.64. The number of nitrogens with zero attached hydrogens (tertiary/aromatic N) is 4. The first-order chi connectivity index (χ1) is 12.4. The number of aromatic amines is 1. The van der Waals surface area contributed by atoms with E-state index in [4.69, 9.17) is 4.52 Å². The molecule has 1 saturated carbocycles. The maximum atomic E-state index is 13.4. The van der Waals surface area contributed by atoms with Gasteiger partial charge in [-0.25, -0.2) is 0 Å². The summed E-state index contributed by atoms with van der Waals surface area (Å²) in [4.78, 5) is 17.7. The van der Waals surface area contributed by atoms with Crippen molar-refractivity contribution in [3.05, 3.63) is 29.7 Å². The number of carbonyl (C=O) groups excluding carboxylic acids is 1. The Bertz CT molecular complexity index is 771. The fourth-order valence-corrected chi connectivity index (χ4v) is 3.11. The summed E-state index contributed by atoms with van der Waals surface area (Å²) < 4.78 is 45.3. The van der Waals surface area contributed by atoms with Gasteiger partial charge in [0.15, 0.2) is 5.82 Å². The van der Waals surface area contributed by atoms with Crippen molar-refractivity contribution in [2.75, 3.05) is 13.1 Å². The van der Waals surface area contributed by atoms with Gasteiger partial charge in [-0.2, -0.15) is 23.3 Å². The third-order valence-electron chi connectivity index (χ3n) is 4.69. The first-order valence-corrected chi connectivity index (χ1v) is 8.33. The van der Waals surface area contributed by atoms with Crippen LogP contribution >= 0.6 is 0 Å². The Balaban J connectivity index is 1.42. The van der Waals surface area contributed by atoms with Gasteiger partial charge < -0.3 is 14.7 Å². The minimum absolute atomic E-state index is 0.0551. The van der Waals surface area contributed by atoms with Crippen LogP contribution in [0.15, 0.2) is 16.8 Å². The minimum atomic E-state index is -4.42. The second kappa shape index (κ2) is 6.38. The van der Waals surface area contributed by atoms with E-state index in [-0.39, 0.29) is 24.7 Å². The summed E-state index contributed by atoms with van der Waals surface area (Å²) in [5.74, 6) is -1.02. The number of likely N-dealkylation sites (tertiary alicyclic amines) is 1. The van der Waals surface area contributed by atoms with Gasteiger partial charge in [0.1, 0.15) is 5.69 Å². The summed E-state index contributed by atoms with van der Waals surface area (Å²) in [5, 5.41) is 12.8. The summed E-state index contributed by atoms with van der Waals surface area (Å²) in [6, 6.07) is 0.495. The average Bonchev–Trinajstić information content (AvgIpc) is 3.06. The third-order valence-corrected chi connectivity index (χ3v) is 4.69. The van der Waals surface area contributed by atoms with Gasteiger partial charge in [-0.15, -0.1) is 0 Å². The molecule has 0 bridgehead atoms. The molecule has 1 amide bonds. The van der Waals surface area contributed by atoms with E-state index in [9.17, 15) is 18.0 Å². The largest absolute Gasteiger partial charge is 0.395 e. The SMILES string of the molecule is O=C(c1ccn[nH]1)N1CC(NCc2noc(C3CC3)n2)C(C(F)(F)F)C1. The van der Waals surface area contributed by atoms with Crippen molar-refractivity contribution in [1.29, 1.82) is 0 Å². The Morgan fingerprint density at radius 2 is 2.19 bits per heavy atom. The molecule has 2 fully saturated rings. The fourth-order valence-electron chi connectivity index (χ4n) is 3.11. The second-order valence-corrected chi connectivity index (χ2v) is 6.64. The summed E-state index contributed by atoms with van der Waals surface area (Å²) in [6.07, 6.45) is -1.04. The van der Waals surface area contributed by atoms with E-state index in [1.165, 1.54) is 17.2 Å². The Kier molecular flexibility index (Phi) is 4.17. The van der Waals surface area contributed by atoms with Crippen LogP contribution in [0.25, 0.3) is 0 Å². The standard InChI is InChI=1S/C15H17F3N6O2/c16-15(17,18)9-6-24(14(25)10-3-4-20-22-10)7-11(9)19-5-12-21-13(26-23-12)8-1-2-8/h3-4,8-9,11,19H,1-2,5-7H2,(H,20,22). The lowest BCUT2D eigenvalue weighted by Gasteiger charge is -2.21. The molecule has 3 heterocycles. The van der Waals surface area contributed by atoms with Crippen LogP contribution in [0.4, 0.5) is 13.2 Å². The van der Waals surface area contributed by atoms with Crippen LogP contribution in [0.5, 0.6) is 0 Å². The Morgan fingerprint density at radius 3 is 2.85 bits per heavy atom. The van der Waals surface area contributed by atoms with Crippen LogP contribution in [-0.2, 0) is 6.54 Å². The molecule has 2 atom stereocenters. The van der Waals surface area contributed by atoms with Gasteiger partial charge in [0.25, 0.3) is 5.91 Å². The van der Waals surface area contributed by atoms with Gasteiger partial charge >= 0.3 is 6.18 Å². The van der Waals surface area contributed by atoms with Crippen LogP contribution in [0.2, 0.25) is 0 Å². The summed E-state index contributed by atoms with van der Waals surface area (Å²) in [7, 11) is 0. The molecule has 0 radical (unpaired) electrons. The van der Waals surface area contributed by atoms with E-state index in [2.05, 4.69) is 25.7 Å². The van der Waals surface area contributed by atoms with Crippen LogP contribution in [0.3, 0.4) is 0 Å². The molecule has 0 spiro atoms. The molecule has 2 aromatic heterocycles. The number of hydrogen-bond acceptors (Lipinski definition) is 6. The maximum Gasteiger partial charge on any atom is 0.395 e. The molecule has 2 aliphatic rings. The Hall–Kier alpha value is -2.43. The van der Waals surface area contributed by atoms with Crippen molar-refractivity contribution in [2.45, 2.75) is 37.5 Å². The average molecular weight is 370 g/mol. The molecule has 0 aromatic carbocycles. The molecule has 11 heteroatoms. The first kappa shape index (κ1) is 17.0. The van der Waals surface area contributed by atoms with Gasteiger partial charge in [0, 0.05) is 31.2 Å². The van der Waals surface area contributed by atoms with Gasteiger partial charge in [-0.3, -0.25) is 9.89 Å². The highest BCUT2D eigenvalue weighted by molar-refractivity contribution is 5.92. The lowest BCUT2D eigenvalue weighted by molar-refractivity contribution is -0.175. The number of halogens is 3. The number of aromatic nitrogens is 4. The van der Waals surface area contributed by atoms with Gasteiger partial charge in [-0.05, 0) is 18.9 Å². The molecule has 140 valence electrons. The number of H-pyrrole nitrogens is 1. The Morgan fingerprint density at radius 1 is 1.38 bits per heavy atom. The predicted molar refractivity (Wildman–Crippen MR) is 80.9 cm³/mol. The molecule has 1 aliphatic carbocycles. The van der Waals surface area contributed by atoms with Gasteiger partial charge in [0.2, 0.25) is 5.89 Å². The van der Waals surface area contributed by atoms with Crippen molar-refractivity contribution in [3.8, 4) is 0 Å². The molecule has 26 heavy (non-hydrogen) atoms. The molecule has 2 N–H and O–H groups in total. The third kappa shape index (κ3) is 3.43. The molecular formula is C15H17F3N6O2. The fraction of sp³-hybridized carbons (Fsp3) is 0.600. The smallest absolute Gasteiger partial charge is 0.339 e. The molecule has 2 aromatic rings. The number of alkyl halides is 3. The molecule has 1 saturated heterocycles. The van der Waals surface area contributed by atoms with Crippen LogP contribution in [0.1, 0.15) is 41.0 Å². The predicted octanol–water partition coefficient (Wildman–Crippen LogP) is 1.46. The number of nitrogens with one attached hydrogen (secondary N) is 2. The lowest BCUT2D eigenvalue weighted by atomic mass is 10.0. The highest BCUT2D eigenvalue weighted by Crippen LogP contribution is 2.39. The number of rotatable bonds is 5. The van der Waals surface area contributed by atoms with E-state index in [1.54, 1.807) is 0 Å². The van der Waals surface area contributed by atoms with Crippen molar-refractivity contribution in [1.82, 2.24) is 30.6 Å². The zero-order chi connectivity index (χ0) is 18.3. The summed E-state index contributed by atoms with van der Waals surface area (Å²) in [6.45, 7) is -0.409. The zero-order valence-corrected chi connectivity index (χ0v) is 13.7. The molecule has 8 nitrogen and oxygen atoms in total. The van der Waals surface area contributed by atoms with E-state index in [1.807, 2.05) is 0 Å². The summed E-state index contributed by atoms with van der Waals surface area (Å²) in [5.41, 5.74) is 0.166. The van der Waals surface area contributed by atoms with E-state index >= 15 is 0 Å². The van der Waals surface area contributed by atoms with Crippen LogP contribution in [0, 0.1) is 5.92 Å². The topological polar surface area (TPSA) is 99.9 Å². The van der Waals surface area contributed by atoms with Crippen LogP contribution in [-0.4, -0.2) is 56.5 Å². The molecule has 4 rings (SSSR count). The number of hydrogen-bond donors (Lipinski definition) is 2. The maximum absolute atomic E-state index is 13.4. The van der Waals surface area contributed by atoms with Crippen molar-refractivity contribution in [2.24, 2.45) is 5.92 Å². The van der Waals surface area contributed by atoms with E-state index in [0.29, 0.717) is 11.7 Å². The van der Waals surface area contributed by atoms with Gasteiger partial charge in [0.05, 0.1) is 12.5 Å². The highest BCUT2D eigenvalue weighted by Gasteiger charge is 2.50. The lowest BCUT2D eigenvalue weighted by Crippen LogP contribution is -2.42. The number of amides is 1. The van der Waals surface area contributed by atoms with E-state index < -0.39 is 30.6 Å². The van der Waals surface area contributed by atoms with Gasteiger partial charge in [-0.1, -0.05) is 5.16 Å². The minimum Gasteiger partial charge on any atom is -0.339 e. The molecular weight excluding hydrogens is 353 g/mol. The Labute approximate surface area is 146 Å². The normalized spacial score (nSPS) is 23.6. The number of carbonyl (C=O) groups is 1. The van der Waals surface area contributed by atoms with Crippen LogP contribution < -0.4 is 5.32 Å².